The number of aromatic nitrogens is 1. The van der Waals surface area contributed by atoms with E-state index >= 15 is 0 Å². The zero-order chi connectivity index (χ0) is 12.3. The summed E-state index contributed by atoms with van der Waals surface area (Å²) in [4.78, 5) is 4.09. The molecule has 1 nitrogen and oxygen atoms in total. The van der Waals surface area contributed by atoms with E-state index in [1.54, 1.807) is 18.3 Å². The predicted octanol–water partition coefficient (Wildman–Crippen LogP) is 3.76. The summed E-state index contributed by atoms with van der Waals surface area (Å²) in [6, 6.07) is 7.09. The van der Waals surface area contributed by atoms with Gasteiger partial charge in [-0.05, 0) is 36.2 Å². The van der Waals surface area contributed by atoms with Gasteiger partial charge in [0.05, 0.1) is 5.69 Å². The van der Waals surface area contributed by atoms with Crippen LogP contribution in [0.5, 0.6) is 0 Å². The van der Waals surface area contributed by atoms with Gasteiger partial charge < -0.3 is 0 Å². The number of allylic oxidation sites excluding steroid dienone is 1. The van der Waals surface area contributed by atoms with Crippen LogP contribution in [0.25, 0.3) is 11.3 Å². The van der Waals surface area contributed by atoms with E-state index in [1.807, 2.05) is 6.07 Å². The Morgan fingerprint density at radius 3 is 2.71 bits per heavy atom. The van der Waals surface area contributed by atoms with Crippen LogP contribution in [0.2, 0.25) is 0 Å². The number of hydrogen-bond acceptors (Lipinski definition) is 1. The summed E-state index contributed by atoms with van der Waals surface area (Å²) in [5, 5.41) is 0. The maximum atomic E-state index is 13.6. The average molecular weight is 231 g/mol. The smallest absolute Gasteiger partial charge is 0.135 e. The second-order valence-electron chi connectivity index (χ2n) is 3.67. The molecule has 0 bridgehead atoms. The maximum absolute atomic E-state index is 13.6. The molecule has 0 aliphatic heterocycles. The molecule has 1 aromatic heterocycles. The van der Waals surface area contributed by atoms with Gasteiger partial charge in [0.2, 0.25) is 0 Å². The summed E-state index contributed by atoms with van der Waals surface area (Å²) in [5.74, 6) is -1.19. The quantitative estimate of drug-likeness (QED) is 0.733. The second-order valence-corrected chi connectivity index (χ2v) is 3.67. The molecule has 2 aromatic rings. The Bertz CT molecular complexity index is 550. The van der Waals surface area contributed by atoms with Crippen LogP contribution in [0.3, 0.4) is 0 Å². The summed E-state index contributed by atoms with van der Waals surface area (Å²) >= 11 is 0. The molecular formula is C14H11F2N. The van der Waals surface area contributed by atoms with Crippen molar-refractivity contribution in [2.24, 2.45) is 0 Å². The molecule has 0 saturated carbocycles. The third-order valence-electron chi connectivity index (χ3n) is 2.41. The van der Waals surface area contributed by atoms with Crippen molar-refractivity contribution in [1.29, 1.82) is 0 Å². The zero-order valence-electron chi connectivity index (χ0n) is 9.16. The Hall–Kier alpha value is -2.03. The normalized spacial score (nSPS) is 10.2. The largest absolute Gasteiger partial charge is 0.256 e. The Balaban J connectivity index is 2.45. The number of halogens is 2. The third-order valence-corrected chi connectivity index (χ3v) is 2.41. The fourth-order valence-corrected chi connectivity index (χ4v) is 1.61. The molecule has 0 N–H and O–H groups in total. The van der Waals surface area contributed by atoms with Gasteiger partial charge in [-0.25, -0.2) is 8.78 Å². The standard InChI is InChI=1S/C14H11F2N/c1-2-3-10-6-7-17-14(8-10)12-5-4-11(15)9-13(12)16/h2,4-9H,1,3H2. The molecule has 0 spiro atoms. The van der Waals surface area contributed by atoms with Crippen molar-refractivity contribution in [3.05, 3.63) is 66.4 Å². The molecular weight excluding hydrogens is 220 g/mol. The summed E-state index contributed by atoms with van der Waals surface area (Å²) in [6.45, 7) is 3.64. The van der Waals surface area contributed by atoms with E-state index in [9.17, 15) is 8.78 Å². The summed E-state index contributed by atoms with van der Waals surface area (Å²) in [6.07, 6.45) is 4.06. The third kappa shape index (κ3) is 2.56. The highest BCUT2D eigenvalue weighted by Gasteiger charge is 2.07. The molecule has 0 amide bonds. The lowest BCUT2D eigenvalue weighted by Crippen LogP contribution is -1.91. The van der Waals surface area contributed by atoms with E-state index in [0.29, 0.717) is 17.7 Å². The number of nitrogens with zero attached hydrogens (tertiary/aromatic N) is 1. The van der Waals surface area contributed by atoms with Crippen LogP contribution in [-0.2, 0) is 6.42 Å². The molecule has 0 aliphatic carbocycles. The minimum atomic E-state index is -0.603. The maximum Gasteiger partial charge on any atom is 0.135 e. The molecule has 2 rings (SSSR count). The van der Waals surface area contributed by atoms with Crippen molar-refractivity contribution >= 4 is 0 Å². The van der Waals surface area contributed by atoms with Crippen molar-refractivity contribution in [3.8, 4) is 11.3 Å². The molecule has 3 heteroatoms. The number of pyridine rings is 1. The molecule has 1 heterocycles. The van der Waals surface area contributed by atoms with Gasteiger partial charge in [-0.3, -0.25) is 4.98 Å². The zero-order valence-corrected chi connectivity index (χ0v) is 9.16. The van der Waals surface area contributed by atoms with Crippen LogP contribution in [0.4, 0.5) is 8.78 Å². The fourth-order valence-electron chi connectivity index (χ4n) is 1.61. The molecule has 0 unspecified atom stereocenters. The van der Waals surface area contributed by atoms with Crippen LogP contribution in [0.15, 0.2) is 49.2 Å². The fraction of sp³-hybridized carbons (Fsp3) is 0.0714. The SMILES string of the molecule is C=CCc1ccnc(-c2ccc(F)cc2F)c1. The molecule has 0 saturated heterocycles. The molecule has 1 aromatic carbocycles. The van der Waals surface area contributed by atoms with Gasteiger partial charge in [-0.15, -0.1) is 6.58 Å². The van der Waals surface area contributed by atoms with E-state index in [4.69, 9.17) is 0 Å². The summed E-state index contributed by atoms with van der Waals surface area (Å²) in [5.41, 5.74) is 1.80. The van der Waals surface area contributed by atoms with E-state index in [2.05, 4.69) is 11.6 Å². The molecule has 0 radical (unpaired) electrons. The molecule has 86 valence electrons. The lowest BCUT2D eigenvalue weighted by molar-refractivity contribution is 0.585. The summed E-state index contributed by atoms with van der Waals surface area (Å²) in [7, 11) is 0. The highest BCUT2D eigenvalue weighted by molar-refractivity contribution is 5.60. The second kappa shape index (κ2) is 4.87. The van der Waals surface area contributed by atoms with Gasteiger partial charge in [-0.2, -0.15) is 0 Å². The van der Waals surface area contributed by atoms with E-state index in [1.165, 1.54) is 12.1 Å². The van der Waals surface area contributed by atoms with Crippen molar-refractivity contribution in [2.45, 2.75) is 6.42 Å². The highest BCUT2D eigenvalue weighted by atomic mass is 19.1. The van der Waals surface area contributed by atoms with Crippen molar-refractivity contribution in [2.75, 3.05) is 0 Å². The Morgan fingerprint density at radius 1 is 1.18 bits per heavy atom. The minimum Gasteiger partial charge on any atom is -0.256 e. The molecule has 0 atom stereocenters. The first-order chi connectivity index (χ1) is 8.20. The lowest BCUT2D eigenvalue weighted by atomic mass is 10.1. The molecule has 17 heavy (non-hydrogen) atoms. The van der Waals surface area contributed by atoms with E-state index in [-0.39, 0.29) is 0 Å². The first-order valence-corrected chi connectivity index (χ1v) is 5.22. The summed E-state index contributed by atoms with van der Waals surface area (Å²) < 4.78 is 26.3. The van der Waals surface area contributed by atoms with Crippen molar-refractivity contribution < 1.29 is 8.78 Å². The Labute approximate surface area is 98.4 Å². The topological polar surface area (TPSA) is 12.9 Å². The average Bonchev–Trinajstić information content (AvgIpc) is 2.29. The first kappa shape index (κ1) is 11.5. The van der Waals surface area contributed by atoms with E-state index < -0.39 is 11.6 Å². The van der Waals surface area contributed by atoms with Gasteiger partial charge in [0.15, 0.2) is 0 Å². The van der Waals surface area contributed by atoms with E-state index in [0.717, 1.165) is 11.6 Å². The number of hydrogen-bond donors (Lipinski definition) is 0. The minimum absolute atomic E-state index is 0.303. The van der Waals surface area contributed by atoms with Crippen molar-refractivity contribution in [3.63, 3.8) is 0 Å². The first-order valence-electron chi connectivity index (χ1n) is 5.22. The van der Waals surface area contributed by atoms with Crippen LogP contribution in [-0.4, -0.2) is 4.98 Å². The lowest BCUT2D eigenvalue weighted by Gasteiger charge is -2.04. The van der Waals surface area contributed by atoms with Crippen LogP contribution < -0.4 is 0 Å². The number of rotatable bonds is 3. The Kier molecular flexibility index (Phi) is 3.28. The van der Waals surface area contributed by atoms with Crippen LogP contribution in [0.1, 0.15) is 5.56 Å². The Morgan fingerprint density at radius 2 is 2.00 bits per heavy atom. The number of benzene rings is 1. The predicted molar refractivity (Wildman–Crippen MR) is 63.5 cm³/mol. The van der Waals surface area contributed by atoms with Crippen LogP contribution >= 0.6 is 0 Å². The molecule has 0 fully saturated rings. The van der Waals surface area contributed by atoms with Gasteiger partial charge in [0.25, 0.3) is 0 Å². The highest BCUT2D eigenvalue weighted by Crippen LogP contribution is 2.22. The van der Waals surface area contributed by atoms with Crippen LogP contribution in [0, 0.1) is 11.6 Å². The van der Waals surface area contributed by atoms with Gasteiger partial charge in [0, 0.05) is 17.8 Å². The van der Waals surface area contributed by atoms with Gasteiger partial charge >= 0.3 is 0 Å². The van der Waals surface area contributed by atoms with Gasteiger partial charge in [-0.1, -0.05) is 6.08 Å². The van der Waals surface area contributed by atoms with Crippen molar-refractivity contribution in [1.82, 2.24) is 4.98 Å². The molecule has 0 aliphatic rings. The van der Waals surface area contributed by atoms with Gasteiger partial charge in [0.1, 0.15) is 11.6 Å². The monoisotopic (exact) mass is 231 g/mol.